The molecule has 164 valence electrons. The van der Waals surface area contributed by atoms with Crippen molar-refractivity contribution >= 4 is 17.8 Å². The lowest BCUT2D eigenvalue weighted by Gasteiger charge is -2.27. The lowest BCUT2D eigenvalue weighted by molar-refractivity contribution is -0.275. The molecular weight excluding hydrogens is 423 g/mol. The van der Waals surface area contributed by atoms with Gasteiger partial charge in [0.1, 0.15) is 11.6 Å². The third-order valence-electron chi connectivity index (χ3n) is 4.61. The molecule has 1 aromatic heterocycles. The molecule has 0 saturated heterocycles. The van der Waals surface area contributed by atoms with Crippen LogP contribution in [0.2, 0.25) is 0 Å². The SMILES string of the molecule is CN(C)c1cc(-c2cccc(C(C)(C)NSc3ccccc3OC(F)(F)F)c2)ccn1. The number of hydrogen-bond donors (Lipinski definition) is 1. The molecule has 0 bridgehead atoms. The number of halogens is 3. The summed E-state index contributed by atoms with van der Waals surface area (Å²) in [4.78, 5) is 6.65. The Morgan fingerprint density at radius 3 is 2.35 bits per heavy atom. The normalized spacial score (nSPS) is 12.0. The summed E-state index contributed by atoms with van der Waals surface area (Å²) in [6, 6.07) is 18.1. The Hall–Kier alpha value is -2.71. The van der Waals surface area contributed by atoms with Gasteiger partial charge in [0.25, 0.3) is 0 Å². The second kappa shape index (κ2) is 9.20. The molecule has 2 aromatic carbocycles. The number of nitrogens with zero attached hydrogens (tertiary/aromatic N) is 2. The van der Waals surface area contributed by atoms with Crippen molar-refractivity contribution in [2.75, 3.05) is 19.0 Å². The maximum Gasteiger partial charge on any atom is 0.573 e. The molecule has 0 atom stereocenters. The average molecular weight is 448 g/mol. The van der Waals surface area contributed by atoms with Crippen molar-refractivity contribution in [1.29, 1.82) is 0 Å². The lowest BCUT2D eigenvalue weighted by atomic mass is 9.92. The standard InChI is InChI=1S/C23H24F3N3OS/c1-22(2,28-31-20-11-6-5-10-19(20)30-23(24,25)26)18-9-7-8-16(14-18)17-12-13-27-21(15-17)29(3)4/h5-15,28H,1-4H3. The van der Waals surface area contributed by atoms with Crippen LogP contribution in [-0.2, 0) is 5.54 Å². The summed E-state index contributed by atoms with van der Waals surface area (Å²) in [6.45, 7) is 3.95. The molecule has 0 saturated carbocycles. The third-order valence-corrected chi connectivity index (χ3v) is 5.78. The molecule has 0 radical (unpaired) electrons. The zero-order chi connectivity index (χ0) is 22.6. The van der Waals surface area contributed by atoms with E-state index in [-0.39, 0.29) is 5.75 Å². The van der Waals surface area contributed by atoms with E-state index < -0.39 is 11.9 Å². The predicted octanol–water partition coefficient (Wildman–Crippen LogP) is 6.25. The van der Waals surface area contributed by atoms with Crippen LogP contribution in [0.3, 0.4) is 0 Å². The molecule has 1 heterocycles. The molecule has 0 aliphatic rings. The van der Waals surface area contributed by atoms with Gasteiger partial charge in [-0.05, 0) is 72.8 Å². The Labute approximate surface area is 184 Å². The fraction of sp³-hybridized carbons (Fsp3) is 0.261. The van der Waals surface area contributed by atoms with E-state index in [9.17, 15) is 13.2 Å². The van der Waals surface area contributed by atoms with E-state index in [4.69, 9.17) is 0 Å². The number of pyridine rings is 1. The summed E-state index contributed by atoms with van der Waals surface area (Å²) in [5, 5.41) is 0. The highest BCUT2D eigenvalue weighted by atomic mass is 32.2. The largest absolute Gasteiger partial charge is 0.573 e. The monoisotopic (exact) mass is 447 g/mol. The van der Waals surface area contributed by atoms with E-state index in [2.05, 4.69) is 20.5 Å². The maximum absolute atomic E-state index is 12.7. The first-order valence-corrected chi connectivity index (χ1v) is 10.4. The molecule has 0 amide bonds. The van der Waals surface area contributed by atoms with Crippen LogP contribution in [0.25, 0.3) is 11.1 Å². The first-order valence-electron chi connectivity index (χ1n) is 9.58. The Morgan fingerprint density at radius 2 is 1.65 bits per heavy atom. The van der Waals surface area contributed by atoms with E-state index >= 15 is 0 Å². The predicted molar refractivity (Wildman–Crippen MR) is 119 cm³/mol. The third kappa shape index (κ3) is 6.15. The Morgan fingerprint density at radius 1 is 0.935 bits per heavy atom. The zero-order valence-corrected chi connectivity index (χ0v) is 18.5. The van der Waals surface area contributed by atoms with E-state index in [0.29, 0.717) is 4.90 Å². The van der Waals surface area contributed by atoms with Crippen molar-refractivity contribution < 1.29 is 17.9 Å². The summed E-state index contributed by atoms with van der Waals surface area (Å²) in [5.41, 5.74) is 2.54. The van der Waals surface area contributed by atoms with Crippen molar-refractivity contribution in [3.8, 4) is 16.9 Å². The summed E-state index contributed by atoms with van der Waals surface area (Å²) in [5.74, 6) is 0.627. The molecular formula is C23H24F3N3OS. The number of aromatic nitrogens is 1. The van der Waals surface area contributed by atoms with Gasteiger partial charge in [0.05, 0.1) is 4.90 Å². The van der Waals surface area contributed by atoms with Gasteiger partial charge in [-0.2, -0.15) is 0 Å². The van der Waals surface area contributed by atoms with Crippen LogP contribution in [0.15, 0.2) is 71.8 Å². The van der Waals surface area contributed by atoms with Crippen molar-refractivity contribution in [3.05, 3.63) is 72.4 Å². The number of alkyl halides is 3. The first kappa shape index (κ1) is 23.0. The van der Waals surface area contributed by atoms with Crippen LogP contribution < -0.4 is 14.4 Å². The number of ether oxygens (including phenoxy) is 1. The van der Waals surface area contributed by atoms with E-state index in [1.807, 2.05) is 63.2 Å². The highest BCUT2D eigenvalue weighted by Gasteiger charge is 2.32. The number of benzene rings is 2. The first-order chi connectivity index (χ1) is 14.5. The van der Waals surface area contributed by atoms with Crippen LogP contribution in [0, 0.1) is 0 Å². The van der Waals surface area contributed by atoms with E-state index in [0.717, 1.165) is 34.5 Å². The number of nitrogens with one attached hydrogen (secondary N) is 1. The van der Waals surface area contributed by atoms with Crippen LogP contribution in [0.5, 0.6) is 5.75 Å². The molecule has 31 heavy (non-hydrogen) atoms. The van der Waals surface area contributed by atoms with Gasteiger partial charge in [-0.25, -0.2) is 9.71 Å². The second-order valence-corrected chi connectivity index (χ2v) is 8.55. The molecule has 4 nitrogen and oxygen atoms in total. The van der Waals surface area contributed by atoms with Gasteiger partial charge in [-0.15, -0.1) is 13.2 Å². The van der Waals surface area contributed by atoms with E-state index in [1.165, 1.54) is 12.1 Å². The summed E-state index contributed by atoms with van der Waals surface area (Å²) in [6.07, 6.45) is -2.97. The minimum absolute atomic E-state index is 0.231. The topological polar surface area (TPSA) is 37.4 Å². The van der Waals surface area contributed by atoms with Gasteiger partial charge < -0.3 is 9.64 Å². The Balaban J connectivity index is 1.81. The average Bonchev–Trinajstić information content (AvgIpc) is 2.72. The van der Waals surface area contributed by atoms with Gasteiger partial charge in [-0.3, -0.25) is 0 Å². The van der Waals surface area contributed by atoms with Crippen LogP contribution >= 0.6 is 11.9 Å². The molecule has 0 spiro atoms. The summed E-state index contributed by atoms with van der Waals surface area (Å²) < 4.78 is 45.5. The maximum atomic E-state index is 12.7. The minimum atomic E-state index is -4.74. The Kier molecular flexibility index (Phi) is 6.81. The van der Waals surface area contributed by atoms with Crippen molar-refractivity contribution in [2.24, 2.45) is 0 Å². The van der Waals surface area contributed by atoms with Gasteiger partial charge in [-0.1, -0.05) is 30.3 Å². The molecule has 0 aliphatic heterocycles. The number of rotatable bonds is 7. The highest BCUT2D eigenvalue weighted by molar-refractivity contribution is 7.97. The smallest absolute Gasteiger partial charge is 0.405 e. The summed E-state index contributed by atoms with van der Waals surface area (Å²) in [7, 11) is 3.88. The van der Waals surface area contributed by atoms with Crippen LogP contribution in [0.4, 0.5) is 19.0 Å². The molecule has 0 aliphatic carbocycles. The molecule has 3 rings (SSSR count). The highest BCUT2D eigenvalue weighted by Crippen LogP contribution is 2.35. The number of hydrogen-bond acceptors (Lipinski definition) is 5. The van der Waals surface area contributed by atoms with Crippen molar-refractivity contribution in [2.45, 2.75) is 30.6 Å². The van der Waals surface area contributed by atoms with Crippen molar-refractivity contribution in [3.63, 3.8) is 0 Å². The van der Waals surface area contributed by atoms with Crippen LogP contribution in [-0.4, -0.2) is 25.4 Å². The summed E-state index contributed by atoms with van der Waals surface area (Å²) >= 11 is 1.11. The van der Waals surface area contributed by atoms with Crippen molar-refractivity contribution in [1.82, 2.24) is 9.71 Å². The molecule has 8 heteroatoms. The minimum Gasteiger partial charge on any atom is -0.405 e. The molecule has 0 fully saturated rings. The Bertz CT molecular complexity index is 1040. The number of para-hydroxylation sites is 1. The van der Waals surface area contributed by atoms with Gasteiger partial charge in [0.15, 0.2) is 0 Å². The quantitative estimate of drug-likeness (QED) is 0.434. The number of anilines is 1. The lowest BCUT2D eigenvalue weighted by Crippen LogP contribution is -2.31. The fourth-order valence-corrected chi connectivity index (χ4v) is 3.75. The molecule has 0 unspecified atom stereocenters. The second-order valence-electron chi connectivity index (χ2n) is 7.70. The van der Waals surface area contributed by atoms with Crippen LogP contribution in [0.1, 0.15) is 19.4 Å². The molecule has 3 aromatic rings. The molecule has 1 N–H and O–H groups in total. The van der Waals surface area contributed by atoms with Gasteiger partial charge >= 0.3 is 6.36 Å². The fourth-order valence-electron chi connectivity index (χ4n) is 2.92. The van der Waals surface area contributed by atoms with Gasteiger partial charge in [0.2, 0.25) is 0 Å². The van der Waals surface area contributed by atoms with Gasteiger partial charge in [0, 0.05) is 25.8 Å². The zero-order valence-electron chi connectivity index (χ0n) is 17.7. The van der Waals surface area contributed by atoms with E-state index in [1.54, 1.807) is 18.3 Å².